The third kappa shape index (κ3) is 4.20. The Labute approximate surface area is 121 Å². The molecule has 1 aliphatic rings. The first kappa shape index (κ1) is 17.0. The van der Waals surface area contributed by atoms with Crippen LogP contribution in [0.1, 0.15) is 52.4 Å². The van der Waals surface area contributed by atoms with Gasteiger partial charge in [-0.25, -0.2) is 0 Å². The van der Waals surface area contributed by atoms with Crippen LogP contribution >= 0.6 is 0 Å². The first-order chi connectivity index (χ1) is 9.54. The standard InChI is InChI=1S/C15H27NO4/c1-3-13(4-2)16(8-9-17)14(18)11-6-5-7-12(10-11)15(19)20/h11-13,17H,3-10H2,1-2H3,(H,19,20). The van der Waals surface area contributed by atoms with Crippen LogP contribution in [0.2, 0.25) is 0 Å². The van der Waals surface area contributed by atoms with Crippen LogP contribution in [-0.2, 0) is 9.59 Å². The van der Waals surface area contributed by atoms with Crippen molar-refractivity contribution >= 4 is 11.9 Å². The molecular weight excluding hydrogens is 258 g/mol. The van der Waals surface area contributed by atoms with Gasteiger partial charge in [-0.3, -0.25) is 9.59 Å². The third-order valence-electron chi connectivity index (χ3n) is 4.38. The average Bonchev–Trinajstić information content (AvgIpc) is 2.47. The minimum Gasteiger partial charge on any atom is -0.481 e. The lowest BCUT2D eigenvalue weighted by Gasteiger charge is -2.35. The molecule has 0 aromatic carbocycles. The maximum absolute atomic E-state index is 12.6. The average molecular weight is 285 g/mol. The monoisotopic (exact) mass is 285 g/mol. The third-order valence-corrected chi connectivity index (χ3v) is 4.38. The van der Waals surface area contributed by atoms with Crippen molar-refractivity contribution in [2.75, 3.05) is 13.2 Å². The first-order valence-corrected chi connectivity index (χ1v) is 7.69. The number of aliphatic carboxylic acids is 1. The highest BCUT2D eigenvalue weighted by Crippen LogP contribution is 2.31. The fraction of sp³-hybridized carbons (Fsp3) is 0.867. The number of carbonyl (C=O) groups is 2. The smallest absolute Gasteiger partial charge is 0.306 e. The van der Waals surface area contributed by atoms with E-state index in [1.165, 1.54) is 0 Å². The van der Waals surface area contributed by atoms with Crippen LogP contribution in [0.4, 0.5) is 0 Å². The van der Waals surface area contributed by atoms with Crippen molar-refractivity contribution in [3.8, 4) is 0 Å². The summed E-state index contributed by atoms with van der Waals surface area (Å²) in [5.41, 5.74) is 0. The van der Waals surface area contributed by atoms with E-state index in [4.69, 9.17) is 5.11 Å². The van der Waals surface area contributed by atoms with Gasteiger partial charge in [0.15, 0.2) is 0 Å². The Hall–Kier alpha value is -1.10. The molecular formula is C15H27NO4. The van der Waals surface area contributed by atoms with Crippen LogP contribution in [0, 0.1) is 11.8 Å². The van der Waals surface area contributed by atoms with Gasteiger partial charge in [0.05, 0.1) is 12.5 Å². The molecule has 0 saturated heterocycles. The van der Waals surface area contributed by atoms with Crippen LogP contribution in [0.5, 0.6) is 0 Å². The summed E-state index contributed by atoms with van der Waals surface area (Å²) in [6, 6.07) is 0.139. The van der Waals surface area contributed by atoms with E-state index in [9.17, 15) is 14.7 Å². The lowest BCUT2D eigenvalue weighted by Crippen LogP contribution is -2.46. The number of carboxylic acids is 1. The molecule has 0 radical (unpaired) electrons. The van der Waals surface area contributed by atoms with Crippen LogP contribution in [-0.4, -0.2) is 46.2 Å². The highest BCUT2D eigenvalue weighted by Gasteiger charge is 2.34. The molecule has 1 fully saturated rings. The van der Waals surface area contributed by atoms with Crippen molar-refractivity contribution in [2.24, 2.45) is 11.8 Å². The Morgan fingerprint density at radius 2 is 1.80 bits per heavy atom. The number of carbonyl (C=O) groups excluding carboxylic acids is 1. The lowest BCUT2D eigenvalue weighted by atomic mass is 9.80. The number of aliphatic hydroxyl groups is 1. The van der Waals surface area contributed by atoms with Gasteiger partial charge in [0, 0.05) is 18.5 Å². The first-order valence-electron chi connectivity index (χ1n) is 7.69. The number of amides is 1. The quantitative estimate of drug-likeness (QED) is 0.748. The van der Waals surface area contributed by atoms with Crippen molar-refractivity contribution in [3.63, 3.8) is 0 Å². The number of hydrogen-bond donors (Lipinski definition) is 2. The predicted molar refractivity (Wildman–Crippen MR) is 76.3 cm³/mol. The molecule has 0 heterocycles. The van der Waals surface area contributed by atoms with Crippen LogP contribution in [0.15, 0.2) is 0 Å². The molecule has 1 saturated carbocycles. The van der Waals surface area contributed by atoms with Gasteiger partial charge in [-0.2, -0.15) is 0 Å². The van der Waals surface area contributed by atoms with Crippen LogP contribution in [0.3, 0.4) is 0 Å². The minimum atomic E-state index is -0.793. The largest absolute Gasteiger partial charge is 0.481 e. The molecule has 0 aromatic heterocycles. The van der Waals surface area contributed by atoms with Crippen molar-refractivity contribution in [1.29, 1.82) is 0 Å². The fourth-order valence-electron chi connectivity index (χ4n) is 3.18. The molecule has 1 aliphatic carbocycles. The molecule has 1 amide bonds. The topological polar surface area (TPSA) is 77.8 Å². The van der Waals surface area contributed by atoms with Crippen LogP contribution < -0.4 is 0 Å². The maximum atomic E-state index is 12.6. The summed E-state index contributed by atoms with van der Waals surface area (Å²) in [5.74, 6) is -1.36. The van der Waals surface area contributed by atoms with Gasteiger partial charge in [0.1, 0.15) is 0 Å². The second-order valence-electron chi connectivity index (χ2n) is 5.62. The summed E-state index contributed by atoms with van der Waals surface area (Å²) in [6.07, 6.45) is 4.39. The van der Waals surface area contributed by atoms with Crippen LogP contribution in [0.25, 0.3) is 0 Å². The summed E-state index contributed by atoms with van der Waals surface area (Å²) < 4.78 is 0. The highest BCUT2D eigenvalue weighted by molar-refractivity contribution is 5.80. The Morgan fingerprint density at radius 3 is 2.30 bits per heavy atom. The molecule has 0 spiro atoms. The molecule has 2 unspecified atom stereocenters. The zero-order valence-electron chi connectivity index (χ0n) is 12.5. The van der Waals surface area contributed by atoms with Gasteiger partial charge in [-0.1, -0.05) is 20.3 Å². The summed E-state index contributed by atoms with van der Waals surface area (Å²) in [5, 5.41) is 18.3. The summed E-state index contributed by atoms with van der Waals surface area (Å²) in [4.78, 5) is 25.5. The van der Waals surface area contributed by atoms with E-state index in [0.717, 1.165) is 25.7 Å². The number of hydrogen-bond acceptors (Lipinski definition) is 3. The number of rotatable bonds is 7. The second-order valence-corrected chi connectivity index (χ2v) is 5.62. The molecule has 0 aliphatic heterocycles. The Kier molecular flexibility index (Phi) is 6.99. The van der Waals surface area contributed by atoms with E-state index in [2.05, 4.69) is 0 Å². The van der Waals surface area contributed by atoms with Crippen molar-refractivity contribution in [3.05, 3.63) is 0 Å². The molecule has 5 nitrogen and oxygen atoms in total. The number of carboxylic acid groups (broad SMARTS) is 1. The summed E-state index contributed by atoms with van der Waals surface area (Å²) in [7, 11) is 0. The van der Waals surface area contributed by atoms with Gasteiger partial charge in [-0.05, 0) is 32.1 Å². The molecule has 20 heavy (non-hydrogen) atoms. The Morgan fingerprint density at radius 1 is 1.20 bits per heavy atom. The van der Waals surface area contributed by atoms with E-state index in [1.807, 2.05) is 13.8 Å². The van der Waals surface area contributed by atoms with E-state index in [0.29, 0.717) is 19.4 Å². The van der Waals surface area contributed by atoms with E-state index in [1.54, 1.807) is 4.90 Å². The molecule has 2 N–H and O–H groups in total. The zero-order valence-corrected chi connectivity index (χ0v) is 12.5. The molecule has 0 aromatic rings. The fourth-order valence-corrected chi connectivity index (χ4v) is 3.18. The number of aliphatic hydroxyl groups excluding tert-OH is 1. The Bertz CT molecular complexity index is 328. The minimum absolute atomic E-state index is 0.0266. The van der Waals surface area contributed by atoms with Gasteiger partial charge in [-0.15, -0.1) is 0 Å². The molecule has 116 valence electrons. The highest BCUT2D eigenvalue weighted by atomic mass is 16.4. The SMILES string of the molecule is CCC(CC)N(CCO)C(=O)C1CCCC(C(=O)O)C1. The Balaban J connectivity index is 2.75. The molecule has 1 rings (SSSR count). The van der Waals surface area contributed by atoms with Crippen molar-refractivity contribution < 1.29 is 19.8 Å². The van der Waals surface area contributed by atoms with E-state index < -0.39 is 11.9 Å². The van der Waals surface area contributed by atoms with Gasteiger partial charge >= 0.3 is 5.97 Å². The van der Waals surface area contributed by atoms with E-state index in [-0.39, 0.29) is 24.5 Å². The molecule has 5 heteroatoms. The maximum Gasteiger partial charge on any atom is 0.306 e. The van der Waals surface area contributed by atoms with Gasteiger partial charge in [0.25, 0.3) is 0 Å². The van der Waals surface area contributed by atoms with Crippen molar-refractivity contribution in [1.82, 2.24) is 4.90 Å². The summed E-state index contributed by atoms with van der Waals surface area (Å²) in [6.45, 7) is 4.37. The number of nitrogens with zero attached hydrogens (tertiary/aromatic N) is 1. The normalized spacial score (nSPS) is 22.8. The molecule has 0 bridgehead atoms. The second kappa shape index (κ2) is 8.25. The van der Waals surface area contributed by atoms with Gasteiger partial charge < -0.3 is 15.1 Å². The van der Waals surface area contributed by atoms with Crippen molar-refractivity contribution in [2.45, 2.75) is 58.4 Å². The predicted octanol–water partition coefficient (Wildman–Crippen LogP) is 1.89. The summed E-state index contributed by atoms with van der Waals surface area (Å²) >= 11 is 0. The van der Waals surface area contributed by atoms with E-state index >= 15 is 0 Å². The lowest BCUT2D eigenvalue weighted by molar-refractivity contribution is -0.146. The van der Waals surface area contributed by atoms with Gasteiger partial charge in [0.2, 0.25) is 5.91 Å². The molecule has 2 atom stereocenters. The zero-order chi connectivity index (χ0) is 15.1.